The lowest BCUT2D eigenvalue weighted by molar-refractivity contribution is -0.119. The summed E-state index contributed by atoms with van der Waals surface area (Å²) < 4.78 is 32.4. The van der Waals surface area contributed by atoms with Crippen molar-refractivity contribution in [2.75, 3.05) is 6.61 Å². The van der Waals surface area contributed by atoms with E-state index in [0.717, 1.165) is 18.2 Å². The third-order valence-electron chi connectivity index (χ3n) is 3.06. The second-order valence-corrected chi connectivity index (χ2v) is 4.51. The number of carbonyl (C=O) groups excluding carboxylic acids is 1. The quantitative estimate of drug-likeness (QED) is 0.871. The number of nitrogens with one attached hydrogen (secondary N) is 1. The molecule has 0 radical (unpaired) electrons. The highest BCUT2D eigenvalue weighted by molar-refractivity contribution is 5.80. The molecular formula is C13H13F2NO4. The van der Waals surface area contributed by atoms with Crippen molar-refractivity contribution >= 4 is 11.9 Å². The second-order valence-electron chi connectivity index (χ2n) is 4.51. The normalized spacial score (nSPS) is 23.2. The fraction of sp³-hybridized carbons (Fsp3) is 0.385. The van der Waals surface area contributed by atoms with Gasteiger partial charge < -0.3 is 15.2 Å². The molecule has 1 aliphatic rings. The molecule has 1 aliphatic heterocycles. The zero-order valence-corrected chi connectivity index (χ0v) is 10.4. The molecule has 0 aliphatic carbocycles. The van der Waals surface area contributed by atoms with Gasteiger partial charge in [-0.15, -0.1) is 0 Å². The Morgan fingerprint density at radius 2 is 2.15 bits per heavy atom. The smallest absolute Gasteiger partial charge is 0.404 e. The lowest BCUT2D eigenvalue weighted by Gasteiger charge is -2.25. The van der Waals surface area contributed by atoms with Gasteiger partial charge in [0.1, 0.15) is 23.5 Å². The third kappa shape index (κ3) is 3.30. The van der Waals surface area contributed by atoms with E-state index in [4.69, 9.17) is 9.84 Å². The fourth-order valence-electron chi connectivity index (χ4n) is 2.19. The number of carboxylic acid groups (broad SMARTS) is 1. The molecule has 1 aromatic carbocycles. The van der Waals surface area contributed by atoms with Gasteiger partial charge in [0, 0.05) is 18.4 Å². The highest BCUT2D eigenvalue weighted by Crippen LogP contribution is 2.29. The maximum absolute atomic E-state index is 13.8. The van der Waals surface area contributed by atoms with E-state index in [1.807, 2.05) is 0 Å². The van der Waals surface area contributed by atoms with Crippen LogP contribution in [0.1, 0.15) is 24.5 Å². The monoisotopic (exact) mass is 285 g/mol. The summed E-state index contributed by atoms with van der Waals surface area (Å²) in [5, 5.41) is 10.9. The first-order chi connectivity index (χ1) is 9.47. The van der Waals surface area contributed by atoms with Crippen molar-refractivity contribution in [1.29, 1.82) is 0 Å². The molecule has 2 rings (SSSR count). The Hall–Kier alpha value is -2.02. The molecule has 1 aromatic rings. The van der Waals surface area contributed by atoms with Crippen LogP contribution in [0, 0.1) is 11.6 Å². The van der Waals surface area contributed by atoms with Crippen molar-refractivity contribution in [2.45, 2.75) is 25.0 Å². The number of halogens is 2. The number of Topliss-reactive ketones (excluding diaryl/α,β-unsaturated/α-hetero) is 1. The molecule has 5 nitrogen and oxygen atoms in total. The molecule has 1 heterocycles. The van der Waals surface area contributed by atoms with Crippen molar-refractivity contribution in [3.8, 4) is 0 Å². The lowest BCUT2D eigenvalue weighted by atomic mass is 9.97. The molecule has 0 aromatic heterocycles. The zero-order valence-electron chi connectivity index (χ0n) is 10.4. The van der Waals surface area contributed by atoms with Gasteiger partial charge in [-0.2, -0.15) is 0 Å². The number of ketones is 1. The average molecular weight is 285 g/mol. The van der Waals surface area contributed by atoms with Crippen LogP contribution in [0.2, 0.25) is 0 Å². The van der Waals surface area contributed by atoms with Gasteiger partial charge in [-0.3, -0.25) is 4.79 Å². The Morgan fingerprint density at radius 1 is 1.40 bits per heavy atom. The molecule has 20 heavy (non-hydrogen) atoms. The maximum Gasteiger partial charge on any atom is 0.404 e. The topological polar surface area (TPSA) is 75.6 Å². The van der Waals surface area contributed by atoms with Gasteiger partial charge in [0.05, 0.1) is 12.6 Å². The molecule has 0 saturated carbocycles. The molecule has 7 heteroatoms. The first kappa shape index (κ1) is 14.4. The van der Waals surface area contributed by atoms with Crippen LogP contribution in [0.3, 0.4) is 0 Å². The Bertz CT molecular complexity index is 535. The van der Waals surface area contributed by atoms with Gasteiger partial charge in [0.15, 0.2) is 0 Å². The van der Waals surface area contributed by atoms with Gasteiger partial charge >= 0.3 is 6.09 Å². The second kappa shape index (κ2) is 5.96. The number of amides is 1. The SMILES string of the molecule is O=C1CCO[C@H](c2cc(F)ccc2F)[C@@H](NC(=O)O)C1. The van der Waals surface area contributed by atoms with Crippen LogP contribution < -0.4 is 5.32 Å². The maximum atomic E-state index is 13.8. The summed E-state index contributed by atoms with van der Waals surface area (Å²) in [7, 11) is 0. The Kier molecular flexibility index (Phi) is 4.29. The highest BCUT2D eigenvalue weighted by Gasteiger charge is 2.32. The number of rotatable bonds is 2. The molecule has 0 spiro atoms. The van der Waals surface area contributed by atoms with E-state index in [9.17, 15) is 18.4 Å². The van der Waals surface area contributed by atoms with Crippen molar-refractivity contribution in [3.63, 3.8) is 0 Å². The lowest BCUT2D eigenvalue weighted by Crippen LogP contribution is -2.40. The standard InChI is InChI=1S/C13H13F2NO4/c14-7-1-2-10(15)9(5-7)12-11(16-13(18)19)6-8(17)3-4-20-12/h1-2,5,11-12,16H,3-4,6H2,(H,18,19)/t11-,12+/m0/s1. The Morgan fingerprint density at radius 3 is 2.85 bits per heavy atom. The fourth-order valence-corrected chi connectivity index (χ4v) is 2.19. The summed E-state index contributed by atoms with van der Waals surface area (Å²) in [5.41, 5.74) is -0.0987. The zero-order chi connectivity index (χ0) is 14.7. The summed E-state index contributed by atoms with van der Waals surface area (Å²) in [4.78, 5) is 22.3. The van der Waals surface area contributed by atoms with E-state index in [0.29, 0.717) is 0 Å². The largest absolute Gasteiger partial charge is 0.465 e. The van der Waals surface area contributed by atoms with Gasteiger partial charge in [0.2, 0.25) is 0 Å². The molecule has 1 fully saturated rings. The molecule has 0 unspecified atom stereocenters. The van der Waals surface area contributed by atoms with Crippen LogP contribution in [0.15, 0.2) is 18.2 Å². The number of benzene rings is 1. The molecule has 1 amide bonds. The number of carbonyl (C=O) groups is 2. The average Bonchev–Trinajstić information content (AvgIpc) is 2.53. The third-order valence-corrected chi connectivity index (χ3v) is 3.06. The minimum absolute atomic E-state index is 0.0389. The van der Waals surface area contributed by atoms with Gasteiger partial charge in [-0.25, -0.2) is 13.6 Å². The molecule has 2 N–H and O–H groups in total. The van der Waals surface area contributed by atoms with Crippen molar-refractivity contribution in [3.05, 3.63) is 35.4 Å². The molecule has 1 saturated heterocycles. The van der Waals surface area contributed by atoms with Crippen LogP contribution in [0.5, 0.6) is 0 Å². The summed E-state index contributed by atoms with van der Waals surface area (Å²) >= 11 is 0. The van der Waals surface area contributed by atoms with Crippen molar-refractivity contribution in [1.82, 2.24) is 5.32 Å². The van der Waals surface area contributed by atoms with Gasteiger partial charge in [-0.05, 0) is 18.2 Å². The van der Waals surface area contributed by atoms with E-state index >= 15 is 0 Å². The first-order valence-electron chi connectivity index (χ1n) is 6.05. The van der Waals surface area contributed by atoms with Crippen LogP contribution in [0.4, 0.5) is 13.6 Å². The van der Waals surface area contributed by atoms with Crippen molar-refractivity contribution < 1.29 is 28.2 Å². The van der Waals surface area contributed by atoms with Crippen molar-refractivity contribution in [2.24, 2.45) is 0 Å². The van der Waals surface area contributed by atoms with E-state index < -0.39 is 29.9 Å². The minimum Gasteiger partial charge on any atom is -0.465 e. The van der Waals surface area contributed by atoms with Crippen LogP contribution in [-0.2, 0) is 9.53 Å². The molecule has 0 bridgehead atoms. The Labute approximate surface area is 113 Å². The van der Waals surface area contributed by atoms with E-state index in [2.05, 4.69) is 5.32 Å². The van der Waals surface area contributed by atoms with Gasteiger partial charge in [-0.1, -0.05) is 0 Å². The van der Waals surface area contributed by atoms with E-state index in [-0.39, 0.29) is 30.8 Å². The number of ether oxygens (including phenoxy) is 1. The molecular weight excluding hydrogens is 272 g/mol. The van der Waals surface area contributed by atoms with Crippen LogP contribution in [-0.4, -0.2) is 29.6 Å². The summed E-state index contributed by atoms with van der Waals surface area (Å²) in [6, 6.07) is 1.91. The summed E-state index contributed by atoms with van der Waals surface area (Å²) in [5.74, 6) is -1.55. The molecule has 108 valence electrons. The molecule has 2 atom stereocenters. The van der Waals surface area contributed by atoms with Gasteiger partial charge in [0.25, 0.3) is 0 Å². The number of hydrogen-bond acceptors (Lipinski definition) is 3. The summed E-state index contributed by atoms with van der Waals surface area (Å²) in [6.45, 7) is 0.0389. The van der Waals surface area contributed by atoms with E-state index in [1.165, 1.54) is 0 Å². The highest BCUT2D eigenvalue weighted by atomic mass is 19.1. The Balaban J connectivity index is 2.35. The summed E-state index contributed by atoms with van der Waals surface area (Å²) in [6.07, 6.45) is -2.39. The minimum atomic E-state index is -1.35. The first-order valence-corrected chi connectivity index (χ1v) is 6.05. The number of hydrogen-bond donors (Lipinski definition) is 2. The van der Waals surface area contributed by atoms with Crippen LogP contribution >= 0.6 is 0 Å². The van der Waals surface area contributed by atoms with E-state index in [1.54, 1.807) is 0 Å². The predicted octanol–water partition coefficient (Wildman–Crippen LogP) is 2.02. The predicted molar refractivity (Wildman–Crippen MR) is 64.2 cm³/mol. The van der Waals surface area contributed by atoms with Crippen LogP contribution in [0.25, 0.3) is 0 Å².